The van der Waals surface area contributed by atoms with E-state index in [1.807, 2.05) is 0 Å². The third kappa shape index (κ3) is 1.20. The van der Waals surface area contributed by atoms with E-state index < -0.39 is 17.4 Å². The monoisotopic (exact) mass is 185 g/mol. The molecule has 4 nitrogen and oxygen atoms in total. The number of likely N-dealkylation sites (N-methyl/N-ethyl adjacent to an activating group) is 1. The Labute approximate surface area is 77.5 Å². The highest BCUT2D eigenvalue weighted by atomic mass is 16.4. The number of amides is 1. The van der Waals surface area contributed by atoms with Crippen LogP contribution in [0.25, 0.3) is 0 Å². The lowest BCUT2D eigenvalue weighted by Gasteiger charge is -2.20. The van der Waals surface area contributed by atoms with Gasteiger partial charge in [0.05, 0.1) is 0 Å². The summed E-state index contributed by atoms with van der Waals surface area (Å²) in [6.07, 6.45) is 0. The van der Waals surface area contributed by atoms with Gasteiger partial charge in [-0.1, -0.05) is 20.8 Å². The molecule has 1 heterocycles. The van der Waals surface area contributed by atoms with Gasteiger partial charge >= 0.3 is 5.97 Å². The van der Waals surface area contributed by atoms with Crippen molar-refractivity contribution in [2.45, 2.75) is 26.8 Å². The highest BCUT2D eigenvalue weighted by molar-refractivity contribution is 5.91. The van der Waals surface area contributed by atoms with Gasteiger partial charge in [-0.3, -0.25) is 4.79 Å². The lowest BCUT2D eigenvalue weighted by molar-refractivity contribution is -0.146. The summed E-state index contributed by atoms with van der Waals surface area (Å²) >= 11 is 0. The van der Waals surface area contributed by atoms with Gasteiger partial charge in [0.2, 0.25) is 5.91 Å². The molecule has 0 aromatic heterocycles. The van der Waals surface area contributed by atoms with Crippen LogP contribution in [0.4, 0.5) is 0 Å². The van der Waals surface area contributed by atoms with E-state index in [2.05, 4.69) is 0 Å². The first-order chi connectivity index (χ1) is 5.80. The molecule has 0 aromatic carbocycles. The third-order valence-corrected chi connectivity index (χ3v) is 3.15. The summed E-state index contributed by atoms with van der Waals surface area (Å²) in [6, 6.07) is -0.678. The first kappa shape index (κ1) is 10.0. The lowest BCUT2D eigenvalue weighted by atomic mass is 9.80. The van der Waals surface area contributed by atoms with Crippen molar-refractivity contribution in [1.82, 2.24) is 4.90 Å². The van der Waals surface area contributed by atoms with E-state index in [1.165, 1.54) is 4.90 Å². The van der Waals surface area contributed by atoms with Gasteiger partial charge in [0.1, 0.15) is 6.04 Å². The first-order valence-electron chi connectivity index (χ1n) is 4.30. The number of hydrogen-bond acceptors (Lipinski definition) is 2. The fourth-order valence-corrected chi connectivity index (χ4v) is 1.89. The SMILES string of the molecule is CC1[C@@H](C(=O)O)N(C)C(=O)C1(C)C. The molecule has 0 spiro atoms. The molecule has 2 atom stereocenters. The van der Waals surface area contributed by atoms with Crippen molar-refractivity contribution in [2.24, 2.45) is 11.3 Å². The van der Waals surface area contributed by atoms with E-state index in [1.54, 1.807) is 27.8 Å². The van der Waals surface area contributed by atoms with Crippen molar-refractivity contribution in [3.05, 3.63) is 0 Å². The van der Waals surface area contributed by atoms with Gasteiger partial charge in [-0.05, 0) is 0 Å². The number of carbonyl (C=O) groups excluding carboxylic acids is 1. The van der Waals surface area contributed by atoms with E-state index in [-0.39, 0.29) is 11.8 Å². The van der Waals surface area contributed by atoms with Gasteiger partial charge in [0, 0.05) is 18.4 Å². The van der Waals surface area contributed by atoms with Crippen LogP contribution in [0, 0.1) is 11.3 Å². The van der Waals surface area contributed by atoms with Crippen molar-refractivity contribution in [3.8, 4) is 0 Å². The summed E-state index contributed by atoms with van der Waals surface area (Å²) in [4.78, 5) is 23.8. The zero-order chi connectivity index (χ0) is 10.4. The van der Waals surface area contributed by atoms with Crippen LogP contribution in [0.5, 0.6) is 0 Å². The van der Waals surface area contributed by atoms with E-state index in [9.17, 15) is 9.59 Å². The topological polar surface area (TPSA) is 57.6 Å². The average molecular weight is 185 g/mol. The molecule has 1 rings (SSSR count). The number of nitrogens with zero attached hydrogens (tertiary/aromatic N) is 1. The third-order valence-electron chi connectivity index (χ3n) is 3.15. The van der Waals surface area contributed by atoms with E-state index in [0.29, 0.717) is 0 Å². The highest BCUT2D eigenvalue weighted by Gasteiger charge is 2.52. The summed E-state index contributed by atoms with van der Waals surface area (Å²) < 4.78 is 0. The van der Waals surface area contributed by atoms with Gasteiger partial charge < -0.3 is 10.0 Å². The Kier molecular flexibility index (Phi) is 2.10. The predicted molar refractivity (Wildman–Crippen MR) is 47.1 cm³/mol. The molecule has 1 saturated heterocycles. The van der Waals surface area contributed by atoms with Crippen LogP contribution in [-0.2, 0) is 9.59 Å². The minimum atomic E-state index is -0.922. The van der Waals surface area contributed by atoms with Crippen LogP contribution in [-0.4, -0.2) is 35.0 Å². The smallest absolute Gasteiger partial charge is 0.326 e. The molecule has 0 bridgehead atoms. The number of aliphatic carboxylic acids is 1. The maximum absolute atomic E-state index is 11.6. The molecule has 1 N–H and O–H groups in total. The number of carboxylic acids is 1. The van der Waals surface area contributed by atoms with Crippen molar-refractivity contribution in [1.29, 1.82) is 0 Å². The molecule has 0 radical (unpaired) electrons. The lowest BCUT2D eigenvalue weighted by Crippen LogP contribution is -2.37. The molecule has 1 amide bonds. The number of carboxylic acid groups (broad SMARTS) is 1. The molecule has 1 fully saturated rings. The van der Waals surface area contributed by atoms with Crippen LogP contribution >= 0.6 is 0 Å². The molecule has 1 aliphatic rings. The fourth-order valence-electron chi connectivity index (χ4n) is 1.89. The Morgan fingerprint density at radius 3 is 2.15 bits per heavy atom. The maximum Gasteiger partial charge on any atom is 0.326 e. The molecule has 1 unspecified atom stereocenters. The van der Waals surface area contributed by atoms with Gasteiger partial charge in [0.15, 0.2) is 0 Å². The molecular weight excluding hydrogens is 170 g/mol. The van der Waals surface area contributed by atoms with Crippen molar-refractivity contribution >= 4 is 11.9 Å². The summed E-state index contributed by atoms with van der Waals surface area (Å²) in [6.45, 7) is 5.39. The molecule has 1 aliphatic heterocycles. The maximum atomic E-state index is 11.6. The summed E-state index contributed by atoms with van der Waals surface area (Å²) in [5, 5.41) is 8.91. The molecule has 0 saturated carbocycles. The minimum absolute atomic E-state index is 0.0904. The van der Waals surface area contributed by atoms with E-state index in [0.717, 1.165) is 0 Å². The Morgan fingerprint density at radius 1 is 1.54 bits per heavy atom. The molecule has 0 aliphatic carbocycles. The van der Waals surface area contributed by atoms with E-state index >= 15 is 0 Å². The first-order valence-corrected chi connectivity index (χ1v) is 4.30. The second-order valence-corrected chi connectivity index (χ2v) is 4.21. The van der Waals surface area contributed by atoms with Gasteiger partial charge in [-0.15, -0.1) is 0 Å². The zero-order valence-electron chi connectivity index (χ0n) is 8.37. The van der Waals surface area contributed by atoms with Crippen LogP contribution in [0.1, 0.15) is 20.8 Å². The number of rotatable bonds is 1. The summed E-state index contributed by atoms with van der Waals surface area (Å²) in [5.41, 5.74) is -0.558. The second kappa shape index (κ2) is 2.72. The van der Waals surface area contributed by atoms with Crippen molar-refractivity contribution < 1.29 is 14.7 Å². The van der Waals surface area contributed by atoms with Gasteiger partial charge in [-0.2, -0.15) is 0 Å². The van der Waals surface area contributed by atoms with Crippen LogP contribution < -0.4 is 0 Å². The Bertz CT molecular complexity index is 260. The molecule has 0 aromatic rings. The number of hydrogen-bond donors (Lipinski definition) is 1. The summed E-state index contributed by atoms with van der Waals surface area (Å²) in [7, 11) is 1.55. The standard InChI is InChI=1S/C9H15NO3/c1-5-6(7(11)12)10(4)8(13)9(5,2)3/h5-6H,1-4H3,(H,11,12)/t5?,6-/m0/s1. The quantitative estimate of drug-likeness (QED) is 0.650. The Morgan fingerprint density at radius 2 is 2.00 bits per heavy atom. The van der Waals surface area contributed by atoms with Crippen LogP contribution in [0.15, 0.2) is 0 Å². The predicted octanol–water partition coefficient (Wildman–Crippen LogP) is 0.574. The highest BCUT2D eigenvalue weighted by Crippen LogP contribution is 2.39. The Balaban J connectivity index is 3.06. The molecular formula is C9H15NO3. The van der Waals surface area contributed by atoms with Crippen molar-refractivity contribution in [3.63, 3.8) is 0 Å². The van der Waals surface area contributed by atoms with Gasteiger partial charge in [-0.25, -0.2) is 4.79 Å². The fraction of sp³-hybridized carbons (Fsp3) is 0.778. The minimum Gasteiger partial charge on any atom is -0.480 e. The summed E-state index contributed by atoms with van der Waals surface area (Å²) in [5.74, 6) is -1.16. The van der Waals surface area contributed by atoms with Gasteiger partial charge in [0.25, 0.3) is 0 Å². The van der Waals surface area contributed by atoms with Crippen molar-refractivity contribution in [2.75, 3.05) is 7.05 Å². The molecule has 74 valence electrons. The second-order valence-electron chi connectivity index (χ2n) is 4.21. The van der Waals surface area contributed by atoms with E-state index in [4.69, 9.17) is 5.11 Å². The number of likely N-dealkylation sites (tertiary alicyclic amines) is 1. The zero-order valence-corrected chi connectivity index (χ0v) is 8.37. The largest absolute Gasteiger partial charge is 0.480 e. The van der Waals surface area contributed by atoms with Crippen LogP contribution in [0.2, 0.25) is 0 Å². The average Bonchev–Trinajstić information content (AvgIpc) is 2.14. The number of carbonyl (C=O) groups is 2. The normalized spacial score (nSPS) is 32.3. The van der Waals surface area contributed by atoms with Crippen LogP contribution in [0.3, 0.4) is 0 Å². The Hall–Kier alpha value is -1.06. The molecule has 4 heteroatoms. The molecule has 13 heavy (non-hydrogen) atoms.